The Bertz CT molecular complexity index is 1120. The van der Waals surface area contributed by atoms with Crippen molar-refractivity contribution >= 4 is 27.3 Å². The molecule has 0 heterocycles. The van der Waals surface area contributed by atoms with Crippen LogP contribution in [0, 0.1) is 5.82 Å². The lowest BCUT2D eigenvalue weighted by Gasteiger charge is -2.11. The van der Waals surface area contributed by atoms with Crippen LogP contribution in [0.1, 0.15) is 10.4 Å². The third kappa shape index (κ3) is 5.06. The Morgan fingerprint density at radius 1 is 0.833 bits per heavy atom. The van der Waals surface area contributed by atoms with E-state index in [-0.39, 0.29) is 10.6 Å². The third-order valence-corrected chi connectivity index (χ3v) is 5.53. The number of sulfonamides is 1. The van der Waals surface area contributed by atoms with E-state index in [4.69, 9.17) is 9.47 Å². The van der Waals surface area contributed by atoms with E-state index < -0.39 is 21.7 Å². The molecular weight excluding hydrogens is 411 g/mol. The Morgan fingerprint density at radius 2 is 1.37 bits per heavy atom. The largest absolute Gasteiger partial charge is 0.497 e. The molecule has 0 aliphatic carbocycles. The second kappa shape index (κ2) is 8.83. The number of halogens is 1. The highest BCUT2D eigenvalue weighted by molar-refractivity contribution is 7.92. The first-order valence-electron chi connectivity index (χ1n) is 8.73. The number of methoxy groups -OCH3 is 2. The molecule has 0 aliphatic heterocycles. The zero-order valence-electron chi connectivity index (χ0n) is 16.2. The Balaban J connectivity index is 1.74. The number of carbonyl (C=O) groups is 1. The summed E-state index contributed by atoms with van der Waals surface area (Å²) in [5.74, 6) is 0.0551. The van der Waals surface area contributed by atoms with E-state index in [0.717, 1.165) is 12.1 Å². The maximum absolute atomic E-state index is 13.0. The van der Waals surface area contributed by atoms with Crippen LogP contribution in [0.3, 0.4) is 0 Å². The molecular formula is C21H19FN2O5S. The number of rotatable bonds is 7. The molecule has 0 saturated heterocycles. The molecule has 1 amide bonds. The summed E-state index contributed by atoms with van der Waals surface area (Å²) >= 11 is 0. The molecule has 3 aromatic carbocycles. The summed E-state index contributed by atoms with van der Waals surface area (Å²) in [7, 11) is -0.896. The fraction of sp³-hybridized carbons (Fsp3) is 0.0952. The summed E-state index contributed by atoms with van der Waals surface area (Å²) in [4.78, 5) is 12.5. The average molecular weight is 430 g/mol. The van der Waals surface area contributed by atoms with Crippen molar-refractivity contribution in [2.45, 2.75) is 4.90 Å². The van der Waals surface area contributed by atoms with Gasteiger partial charge in [0.15, 0.2) is 0 Å². The average Bonchev–Trinajstić information content (AvgIpc) is 2.75. The highest BCUT2D eigenvalue weighted by Crippen LogP contribution is 2.24. The highest BCUT2D eigenvalue weighted by Gasteiger charge is 2.15. The molecule has 3 rings (SSSR count). The molecule has 7 nitrogen and oxygen atoms in total. The first-order chi connectivity index (χ1) is 14.3. The molecule has 9 heteroatoms. The molecule has 0 radical (unpaired) electrons. The Morgan fingerprint density at radius 3 is 1.90 bits per heavy atom. The molecule has 0 fully saturated rings. The van der Waals surface area contributed by atoms with Crippen LogP contribution in [0.15, 0.2) is 71.6 Å². The summed E-state index contributed by atoms with van der Waals surface area (Å²) < 4.78 is 50.6. The predicted octanol–water partition coefficient (Wildman–Crippen LogP) is 3.90. The maximum Gasteiger partial charge on any atom is 0.261 e. The Hall–Kier alpha value is -3.59. The van der Waals surface area contributed by atoms with Crippen molar-refractivity contribution in [2.75, 3.05) is 24.3 Å². The van der Waals surface area contributed by atoms with Crippen LogP contribution in [0.2, 0.25) is 0 Å². The minimum Gasteiger partial charge on any atom is -0.497 e. The van der Waals surface area contributed by atoms with Gasteiger partial charge in [0.05, 0.1) is 19.1 Å². The monoisotopic (exact) mass is 430 g/mol. The summed E-state index contributed by atoms with van der Waals surface area (Å²) in [6.45, 7) is 0. The number of nitrogens with one attached hydrogen (secondary N) is 2. The van der Waals surface area contributed by atoms with E-state index in [1.54, 1.807) is 18.2 Å². The predicted molar refractivity (Wildman–Crippen MR) is 111 cm³/mol. The van der Waals surface area contributed by atoms with Gasteiger partial charge in [0, 0.05) is 23.0 Å². The Kier molecular flexibility index (Phi) is 6.22. The summed E-state index contributed by atoms with van der Waals surface area (Å²) in [6, 6.07) is 15.4. The number of ether oxygens (including phenoxy) is 2. The topological polar surface area (TPSA) is 93.7 Å². The number of hydrogen-bond donors (Lipinski definition) is 2. The van der Waals surface area contributed by atoms with Gasteiger partial charge < -0.3 is 14.8 Å². The lowest BCUT2D eigenvalue weighted by atomic mass is 10.2. The van der Waals surface area contributed by atoms with Gasteiger partial charge in [0.2, 0.25) is 0 Å². The molecule has 0 aliphatic rings. The van der Waals surface area contributed by atoms with E-state index in [2.05, 4.69) is 10.0 Å². The SMILES string of the molecule is COc1cc(OC)cc(C(=O)Nc2ccc(S(=O)(=O)Nc3ccc(F)cc3)cc2)c1. The molecule has 3 aromatic rings. The van der Waals surface area contributed by atoms with Gasteiger partial charge >= 0.3 is 0 Å². The van der Waals surface area contributed by atoms with Crippen LogP contribution in [0.4, 0.5) is 15.8 Å². The fourth-order valence-corrected chi connectivity index (χ4v) is 3.65. The van der Waals surface area contributed by atoms with Crippen LogP contribution in [0.5, 0.6) is 11.5 Å². The van der Waals surface area contributed by atoms with Gasteiger partial charge in [0.1, 0.15) is 17.3 Å². The summed E-state index contributed by atoms with van der Waals surface area (Å²) in [5.41, 5.74) is 0.962. The van der Waals surface area contributed by atoms with Crippen LogP contribution in [-0.2, 0) is 10.0 Å². The van der Waals surface area contributed by atoms with E-state index in [1.807, 2.05) is 0 Å². The fourth-order valence-electron chi connectivity index (χ4n) is 2.59. The molecule has 0 spiro atoms. The van der Waals surface area contributed by atoms with Crippen LogP contribution in [0.25, 0.3) is 0 Å². The first kappa shape index (κ1) is 21.1. The van der Waals surface area contributed by atoms with Gasteiger partial charge in [-0.1, -0.05) is 0 Å². The molecule has 156 valence electrons. The van der Waals surface area contributed by atoms with Gasteiger partial charge in [0.25, 0.3) is 15.9 Å². The number of carbonyl (C=O) groups excluding carboxylic acids is 1. The quantitative estimate of drug-likeness (QED) is 0.593. The Labute approximate surface area is 173 Å². The van der Waals surface area contributed by atoms with Crippen molar-refractivity contribution in [3.8, 4) is 11.5 Å². The molecule has 0 bridgehead atoms. The van der Waals surface area contributed by atoms with E-state index >= 15 is 0 Å². The van der Waals surface area contributed by atoms with Crippen molar-refractivity contribution in [2.24, 2.45) is 0 Å². The minimum atomic E-state index is -3.86. The number of amides is 1. The van der Waals surface area contributed by atoms with E-state index in [9.17, 15) is 17.6 Å². The van der Waals surface area contributed by atoms with Crippen LogP contribution >= 0.6 is 0 Å². The molecule has 0 atom stereocenters. The minimum absolute atomic E-state index is 0.00660. The molecule has 0 unspecified atom stereocenters. The van der Waals surface area contributed by atoms with Crippen molar-refractivity contribution in [3.05, 3.63) is 78.1 Å². The van der Waals surface area contributed by atoms with Crippen LogP contribution in [-0.4, -0.2) is 28.5 Å². The standard InChI is InChI=1S/C21H19FN2O5S/c1-28-18-11-14(12-19(13-18)29-2)21(25)23-16-7-9-20(10-8-16)30(26,27)24-17-5-3-15(22)4-6-17/h3-13,24H,1-2H3,(H,23,25). The third-order valence-electron chi connectivity index (χ3n) is 4.13. The lowest BCUT2D eigenvalue weighted by molar-refractivity contribution is 0.102. The first-order valence-corrected chi connectivity index (χ1v) is 10.2. The van der Waals surface area contributed by atoms with Crippen molar-refractivity contribution < 1.29 is 27.1 Å². The smallest absolute Gasteiger partial charge is 0.261 e. The number of anilines is 2. The van der Waals surface area contributed by atoms with Gasteiger partial charge in [-0.05, 0) is 60.7 Å². The van der Waals surface area contributed by atoms with Crippen molar-refractivity contribution in [3.63, 3.8) is 0 Å². The van der Waals surface area contributed by atoms with Gasteiger partial charge in [-0.25, -0.2) is 12.8 Å². The van der Waals surface area contributed by atoms with Gasteiger partial charge in [-0.15, -0.1) is 0 Å². The van der Waals surface area contributed by atoms with Crippen LogP contribution < -0.4 is 19.5 Å². The van der Waals surface area contributed by atoms with Crippen molar-refractivity contribution in [1.29, 1.82) is 0 Å². The zero-order chi connectivity index (χ0) is 21.7. The van der Waals surface area contributed by atoms with Gasteiger partial charge in [-0.2, -0.15) is 0 Å². The molecule has 0 aromatic heterocycles. The molecule has 2 N–H and O–H groups in total. The second-order valence-corrected chi connectivity index (χ2v) is 7.87. The summed E-state index contributed by atoms with van der Waals surface area (Å²) in [6.07, 6.45) is 0. The van der Waals surface area contributed by atoms with E-state index in [0.29, 0.717) is 22.7 Å². The number of hydrogen-bond acceptors (Lipinski definition) is 5. The van der Waals surface area contributed by atoms with Crippen molar-refractivity contribution in [1.82, 2.24) is 0 Å². The maximum atomic E-state index is 13.0. The highest BCUT2D eigenvalue weighted by atomic mass is 32.2. The zero-order valence-corrected chi connectivity index (χ0v) is 17.0. The molecule has 0 saturated carbocycles. The normalized spacial score (nSPS) is 10.9. The summed E-state index contributed by atoms with van der Waals surface area (Å²) in [5, 5.41) is 2.69. The second-order valence-electron chi connectivity index (χ2n) is 6.19. The molecule has 30 heavy (non-hydrogen) atoms. The lowest BCUT2D eigenvalue weighted by Crippen LogP contribution is -2.14. The van der Waals surface area contributed by atoms with Gasteiger partial charge in [-0.3, -0.25) is 9.52 Å². The van der Waals surface area contributed by atoms with E-state index in [1.165, 1.54) is 50.6 Å². The number of benzene rings is 3.